The zero-order chi connectivity index (χ0) is 15.1. The average Bonchev–Trinajstić information content (AvgIpc) is 2.41. The van der Waals surface area contributed by atoms with Crippen LogP contribution in [0.1, 0.15) is 34.1 Å². The Balaban J connectivity index is 2.84. The van der Waals surface area contributed by atoms with Gasteiger partial charge in [0, 0.05) is 37.1 Å². The zero-order valence-electron chi connectivity index (χ0n) is 13.0. The third kappa shape index (κ3) is 4.44. The number of hydrogen-bond donors (Lipinski definition) is 1. The number of nitrogens with zero attached hydrogens (tertiary/aromatic N) is 2. The van der Waals surface area contributed by atoms with Crippen LogP contribution >= 0.6 is 0 Å². The molecule has 1 N–H and O–H groups in total. The van der Waals surface area contributed by atoms with Crippen LogP contribution in [0.2, 0.25) is 0 Å². The molecule has 20 heavy (non-hydrogen) atoms. The number of carboxylic acids is 1. The molecular weight excluding hydrogens is 252 g/mol. The summed E-state index contributed by atoms with van der Waals surface area (Å²) in [6, 6.07) is 8.66. The van der Waals surface area contributed by atoms with E-state index in [0.29, 0.717) is 6.54 Å². The number of anilines is 2. The molecule has 0 fully saturated rings. The molecule has 0 radical (unpaired) electrons. The van der Waals surface area contributed by atoms with Crippen LogP contribution in [-0.4, -0.2) is 36.8 Å². The number of hydrogen-bond acceptors (Lipinski definition) is 3. The Morgan fingerprint density at radius 2 is 1.60 bits per heavy atom. The van der Waals surface area contributed by atoms with Crippen molar-refractivity contribution < 1.29 is 9.90 Å². The van der Waals surface area contributed by atoms with E-state index < -0.39 is 5.97 Å². The van der Waals surface area contributed by atoms with Crippen LogP contribution in [0.4, 0.5) is 11.4 Å². The zero-order valence-corrected chi connectivity index (χ0v) is 13.0. The van der Waals surface area contributed by atoms with E-state index in [1.54, 1.807) is 0 Å². The highest BCUT2D eigenvalue weighted by Gasteiger charge is 2.12. The highest BCUT2D eigenvalue weighted by atomic mass is 16.4. The minimum Gasteiger partial charge on any atom is -0.481 e. The number of carboxylic acid groups (broad SMARTS) is 1. The quantitative estimate of drug-likeness (QED) is 0.793. The van der Waals surface area contributed by atoms with Crippen molar-refractivity contribution >= 4 is 17.3 Å². The first-order chi connectivity index (χ1) is 9.49. The number of rotatable bonds is 8. The third-order valence-electron chi connectivity index (χ3n) is 3.50. The van der Waals surface area contributed by atoms with E-state index in [1.165, 1.54) is 5.69 Å². The fourth-order valence-electron chi connectivity index (χ4n) is 2.35. The minimum atomic E-state index is -0.754. The van der Waals surface area contributed by atoms with Crippen LogP contribution in [0.25, 0.3) is 0 Å². The number of aliphatic carboxylic acids is 1. The van der Waals surface area contributed by atoms with Crippen LogP contribution in [0.15, 0.2) is 24.3 Å². The lowest BCUT2D eigenvalue weighted by Crippen LogP contribution is -2.32. The van der Waals surface area contributed by atoms with Crippen molar-refractivity contribution in [2.75, 3.05) is 29.4 Å². The maximum absolute atomic E-state index is 10.7. The molecule has 0 aliphatic carbocycles. The molecule has 0 saturated carbocycles. The molecule has 0 aliphatic heterocycles. The summed E-state index contributed by atoms with van der Waals surface area (Å²) in [7, 11) is 0. The second-order valence-corrected chi connectivity index (χ2v) is 5.12. The Hall–Kier alpha value is -1.71. The van der Waals surface area contributed by atoms with Crippen molar-refractivity contribution in [1.29, 1.82) is 0 Å². The first kappa shape index (κ1) is 16.3. The molecule has 4 nitrogen and oxygen atoms in total. The Labute approximate surface area is 122 Å². The smallest absolute Gasteiger partial charge is 0.305 e. The van der Waals surface area contributed by atoms with Gasteiger partial charge in [-0.15, -0.1) is 0 Å². The normalized spacial score (nSPS) is 10.7. The van der Waals surface area contributed by atoms with Gasteiger partial charge < -0.3 is 14.9 Å². The van der Waals surface area contributed by atoms with Gasteiger partial charge in [-0.3, -0.25) is 4.79 Å². The van der Waals surface area contributed by atoms with E-state index >= 15 is 0 Å². The van der Waals surface area contributed by atoms with Crippen molar-refractivity contribution in [3.05, 3.63) is 24.3 Å². The van der Waals surface area contributed by atoms with Gasteiger partial charge in [0.1, 0.15) is 0 Å². The lowest BCUT2D eigenvalue weighted by atomic mass is 10.2. The number of benzene rings is 1. The second-order valence-electron chi connectivity index (χ2n) is 5.12. The van der Waals surface area contributed by atoms with E-state index in [9.17, 15) is 4.79 Å². The molecule has 1 aromatic carbocycles. The second kappa shape index (κ2) is 7.78. The monoisotopic (exact) mass is 278 g/mol. The van der Waals surface area contributed by atoms with Crippen molar-refractivity contribution in [3.8, 4) is 0 Å². The molecule has 0 aliphatic rings. The van der Waals surface area contributed by atoms with Gasteiger partial charge in [0.2, 0.25) is 0 Å². The van der Waals surface area contributed by atoms with Crippen LogP contribution in [0.5, 0.6) is 0 Å². The van der Waals surface area contributed by atoms with Gasteiger partial charge in [0.25, 0.3) is 0 Å². The molecule has 0 unspecified atom stereocenters. The molecular formula is C16H26N2O2. The summed E-state index contributed by atoms with van der Waals surface area (Å²) in [4.78, 5) is 15.2. The van der Waals surface area contributed by atoms with Crippen molar-refractivity contribution in [3.63, 3.8) is 0 Å². The average molecular weight is 278 g/mol. The summed E-state index contributed by atoms with van der Waals surface area (Å²) < 4.78 is 0. The lowest BCUT2D eigenvalue weighted by Gasteiger charge is -2.29. The van der Waals surface area contributed by atoms with Crippen molar-refractivity contribution in [2.24, 2.45) is 0 Å². The summed E-state index contributed by atoms with van der Waals surface area (Å²) in [6.45, 7) is 11.0. The van der Waals surface area contributed by atoms with Gasteiger partial charge in [-0.1, -0.05) is 0 Å². The van der Waals surface area contributed by atoms with Gasteiger partial charge in [-0.2, -0.15) is 0 Å². The van der Waals surface area contributed by atoms with Crippen LogP contribution in [0.3, 0.4) is 0 Å². The predicted molar refractivity (Wildman–Crippen MR) is 84.7 cm³/mol. The largest absolute Gasteiger partial charge is 0.481 e. The van der Waals surface area contributed by atoms with Crippen LogP contribution in [0, 0.1) is 0 Å². The summed E-state index contributed by atoms with van der Waals surface area (Å²) in [5.41, 5.74) is 2.29. The predicted octanol–water partition coefficient (Wildman–Crippen LogP) is 3.22. The summed E-state index contributed by atoms with van der Waals surface area (Å²) >= 11 is 0. The maximum atomic E-state index is 10.7. The standard InChI is InChI=1S/C16H26N2O2/c1-5-17(6-2)14-7-9-15(10-8-14)18(13(3)4)12-11-16(19)20/h7-10,13H,5-6,11-12H2,1-4H3,(H,19,20). The molecule has 0 bridgehead atoms. The van der Waals surface area contributed by atoms with Gasteiger partial charge in [0.15, 0.2) is 0 Å². The molecule has 1 rings (SSSR count). The van der Waals surface area contributed by atoms with Gasteiger partial charge in [-0.05, 0) is 52.0 Å². The highest BCUT2D eigenvalue weighted by Crippen LogP contribution is 2.22. The van der Waals surface area contributed by atoms with Crippen LogP contribution in [-0.2, 0) is 4.79 Å². The third-order valence-corrected chi connectivity index (χ3v) is 3.50. The maximum Gasteiger partial charge on any atom is 0.305 e. The molecule has 1 aromatic rings. The molecule has 0 aromatic heterocycles. The lowest BCUT2D eigenvalue weighted by molar-refractivity contribution is -0.136. The van der Waals surface area contributed by atoms with Crippen molar-refractivity contribution in [2.45, 2.75) is 40.2 Å². The summed E-state index contributed by atoms with van der Waals surface area (Å²) in [5, 5.41) is 8.84. The number of carbonyl (C=O) groups is 1. The van der Waals surface area contributed by atoms with E-state index in [1.807, 2.05) is 0 Å². The molecule has 112 valence electrons. The van der Waals surface area contributed by atoms with Gasteiger partial charge in [0.05, 0.1) is 6.42 Å². The van der Waals surface area contributed by atoms with E-state index in [2.05, 4.69) is 61.8 Å². The first-order valence-corrected chi connectivity index (χ1v) is 7.33. The van der Waals surface area contributed by atoms with Crippen LogP contribution < -0.4 is 9.80 Å². The Morgan fingerprint density at radius 3 is 2.00 bits per heavy atom. The molecule has 0 amide bonds. The Kier molecular flexibility index (Phi) is 6.36. The topological polar surface area (TPSA) is 43.8 Å². The van der Waals surface area contributed by atoms with E-state index in [4.69, 9.17) is 5.11 Å². The van der Waals surface area contributed by atoms with Gasteiger partial charge in [-0.25, -0.2) is 0 Å². The highest BCUT2D eigenvalue weighted by molar-refractivity contribution is 5.68. The summed E-state index contributed by atoms with van der Waals surface area (Å²) in [6.07, 6.45) is 0.163. The first-order valence-electron chi connectivity index (χ1n) is 7.33. The molecule has 0 heterocycles. The van der Waals surface area contributed by atoms with E-state index in [0.717, 1.165) is 18.8 Å². The molecule has 0 spiro atoms. The fourth-order valence-corrected chi connectivity index (χ4v) is 2.35. The SMILES string of the molecule is CCN(CC)c1ccc(N(CCC(=O)O)C(C)C)cc1. The molecule has 0 atom stereocenters. The molecule has 0 saturated heterocycles. The fraction of sp³-hybridized carbons (Fsp3) is 0.562. The summed E-state index contributed by atoms with van der Waals surface area (Å²) in [5.74, 6) is -0.754. The molecule has 4 heteroatoms. The Morgan fingerprint density at radius 1 is 1.10 bits per heavy atom. The Bertz CT molecular complexity index is 411. The van der Waals surface area contributed by atoms with E-state index in [-0.39, 0.29) is 12.5 Å². The van der Waals surface area contributed by atoms with Gasteiger partial charge >= 0.3 is 5.97 Å². The minimum absolute atomic E-state index is 0.163. The van der Waals surface area contributed by atoms with Crippen molar-refractivity contribution in [1.82, 2.24) is 0 Å².